The number of carbonyl (C=O) groups is 1. The van der Waals surface area contributed by atoms with E-state index in [-0.39, 0.29) is 5.69 Å². The average molecular weight is 432 g/mol. The minimum Gasteiger partial charge on any atom is -0.497 e. The lowest BCUT2D eigenvalue weighted by molar-refractivity contribution is 0.262. The van der Waals surface area contributed by atoms with Crippen molar-refractivity contribution in [2.24, 2.45) is 0 Å². The lowest BCUT2D eigenvalue weighted by atomic mass is 10.2. The molecule has 5 rings (SSSR count). The zero-order valence-corrected chi connectivity index (χ0v) is 17.4. The van der Waals surface area contributed by atoms with Crippen molar-refractivity contribution in [3.8, 4) is 11.4 Å². The van der Waals surface area contributed by atoms with Crippen LogP contribution in [-0.4, -0.2) is 27.7 Å². The highest BCUT2D eigenvalue weighted by atomic mass is 19.1. The topological polar surface area (TPSA) is 107 Å². The number of halogens is 1. The molecule has 4 N–H and O–H groups in total. The van der Waals surface area contributed by atoms with Crippen molar-refractivity contribution in [2.45, 2.75) is 19.3 Å². The van der Waals surface area contributed by atoms with Crippen LogP contribution in [0.3, 0.4) is 0 Å². The van der Waals surface area contributed by atoms with Crippen LogP contribution in [-0.2, 0) is 12.8 Å². The molecule has 1 aliphatic rings. The summed E-state index contributed by atoms with van der Waals surface area (Å²) in [7, 11) is 1.45. The number of nitrogen functional groups attached to an aromatic ring is 1. The summed E-state index contributed by atoms with van der Waals surface area (Å²) in [5.41, 5.74) is 11.8. The van der Waals surface area contributed by atoms with Gasteiger partial charge in [0.05, 0.1) is 18.3 Å². The smallest absolute Gasteiger partial charge is 0.323 e. The number of rotatable bonds is 4. The number of amides is 2. The molecule has 0 atom stereocenters. The maximum atomic E-state index is 14.1. The number of anilines is 3. The van der Waals surface area contributed by atoms with Crippen molar-refractivity contribution in [1.29, 1.82) is 0 Å². The average Bonchev–Trinajstić information content (AvgIpc) is 3.38. The number of nitrogens with one attached hydrogen (secondary N) is 2. The van der Waals surface area contributed by atoms with Crippen LogP contribution in [0.1, 0.15) is 17.7 Å². The highest BCUT2D eigenvalue weighted by Gasteiger charge is 2.25. The number of benzene rings is 2. The molecule has 4 aromatic rings. The molecule has 0 spiro atoms. The molecule has 0 radical (unpaired) electrons. The van der Waals surface area contributed by atoms with E-state index in [0.717, 1.165) is 36.0 Å². The second-order valence-corrected chi connectivity index (χ2v) is 7.54. The zero-order chi connectivity index (χ0) is 22.2. The normalized spacial score (nSPS) is 12.6. The van der Waals surface area contributed by atoms with E-state index in [4.69, 9.17) is 10.5 Å². The molecule has 2 heterocycles. The number of hydrogen-bond donors (Lipinski definition) is 3. The number of methoxy groups -OCH3 is 1. The summed E-state index contributed by atoms with van der Waals surface area (Å²) in [6.07, 6.45) is 4.49. The Morgan fingerprint density at radius 3 is 2.69 bits per heavy atom. The van der Waals surface area contributed by atoms with Crippen molar-refractivity contribution < 1.29 is 13.9 Å². The van der Waals surface area contributed by atoms with E-state index in [9.17, 15) is 9.18 Å². The van der Waals surface area contributed by atoms with Gasteiger partial charge in [0.25, 0.3) is 0 Å². The molecule has 9 heteroatoms. The van der Waals surface area contributed by atoms with Gasteiger partial charge in [-0.1, -0.05) is 0 Å². The largest absolute Gasteiger partial charge is 0.497 e. The van der Waals surface area contributed by atoms with E-state index < -0.39 is 11.8 Å². The number of aryl methyl sites for hydroxylation is 1. The van der Waals surface area contributed by atoms with Crippen molar-refractivity contribution in [3.05, 3.63) is 65.9 Å². The molecular weight excluding hydrogens is 411 g/mol. The molecule has 0 saturated carbocycles. The van der Waals surface area contributed by atoms with E-state index in [2.05, 4.69) is 25.2 Å². The molecule has 32 heavy (non-hydrogen) atoms. The van der Waals surface area contributed by atoms with Crippen molar-refractivity contribution in [1.82, 2.24) is 14.5 Å². The molecule has 0 fully saturated rings. The molecule has 2 amide bonds. The van der Waals surface area contributed by atoms with E-state index >= 15 is 0 Å². The Morgan fingerprint density at radius 2 is 1.94 bits per heavy atom. The third kappa shape index (κ3) is 3.37. The fraction of sp³-hybridized carbons (Fsp3) is 0.174. The van der Waals surface area contributed by atoms with Gasteiger partial charge >= 0.3 is 6.03 Å². The highest BCUT2D eigenvalue weighted by molar-refractivity contribution is 6.00. The van der Waals surface area contributed by atoms with E-state index in [0.29, 0.717) is 17.3 Å². The number of aromatic nitrogens is 3. The standard InChI is InChI=1S/C23H21FN6O2/c1-32-15-9-10-18(17(24)11-15)29-23(31)28-13-5-7-14(8-6-13)30-19-4-2-3-16(19)20-21(30)22(25)27-12-26-20/h5-12H,2-4H2,1H3,(H2,25,26,27)(H2,28,29,31). The Morgan fingerprint density at radius 1 is 1.12 bits per heavy atom. The van der Waals surface area contributed by atoms with Gasteiger partial charge in [-0.3, -0.25) is 0 Å². The second-order valence-electron chi connectivity index (χ2n) is 7.54. The van der Waals surface area contributed by atoms with E-state index in [1.54, 1.807) is 18.2 Å². The van der Waals surface area contributed by atoms with Gasteiger partial charge in [0.15, 0.2) is 5.82 Å². The Labute approximate surface area is 183 Å². The summed E-state index contributed by atoms with van der Waals surface area (Å²) in [5.74, 6) is 0.231. The first-order valence-electron chi connectivity index (χ1n) is 10.2. The summed E-state index contributed by atoms with van der Waals surface area (Å²) in [6, 6.07) is 11.0. The zero-order valence-electron chi connectivity index (χ0n) is 17.4. The SMILES string of the molecule is COc1ccc(NC(=O)Nc2ccc(-n3c4c(c5ncnc(N)c53)CCC4)cc2)c(F)c1. The van der Waals surface area contributed by atoms with Crippen LogP contribution in [0.4, 0.5) is 26.4 Å². The monoisotopic (exact) mass is 432 g/mol. The number of fused-ring (bicyclic) bond motifs is 3. The first-order chi connectivity index (χ1) is 15.5. The molecule has 2 aromatic carbocycles. The van der Waals surface area contributed by atoms with Crippen LogP contribution in [0.25, 0.3) is 16.7 Å². The van der Waals surface area contributed by atoms with Crippen LogP contribution in [0.2, 0.25) is 0 Å². The Hall–Kier alpha value is -4.14. The Balaban J connectivity index is 1.38. The molecule has 8 nitrogen and oxygen atoms in total. The predicted octanol–water partition coefficient (Wildman–Crippen LogP) is 4.28. The van der Waals surface area contributed by atoms with Crippen LogP contribution >= 0.6 is 0 Å². The van der Waals surface area contributed by atoms with E-state index in [1.165, 1.54) is 36.8 Å². The first kappa shape index (κ1) is 19.8. The summed E-state index contributed by atoms with van der Waals surface area (Å²) >= 11 is 0. The second kappa shape index (κ2) is 7.84. The predicted molar refractivity (Wildman–Crippen MR) is 121 cm³/mol. The van der Waals surface area contributed by atoms with Gasteiger partial charge in [0.1, 0.15) is 23.4 Å². The van der Waals surface area contributed by atoms with Crippen LogP contribution in [0.5, 0.6) is 5.75 Å². The summed E-state index contributed by atoms with van der Waals surface area (Å²) in [6.45, 7) is 0. The van der Waals surface area contributed by atoms with Gasteiger partial charge < -0.3 is 25.7 Å². The van der Waals surface area contributed by atoms with Crippen LogP contribution in [0, 0.1) is 5.82 Å². The number of ether oxygens (including phenoxy) is 1. The summed E-state index contributed by atoms with van der Waals surface area (Å²) in [4.78, 5) is 20.9. The fourth-order valence-electron chi connectivity index (χ4n) is 4.19. The number of nitrogens with zero attached hydrogens (tertiary/aromatic N) is 3. The van der Waals surface area contributed by atoms with Crippen molar-refractivity contribution >= 4 is 34.3 Å². The number of carbonyl (C=O) groups excluding carboxylic acids is 1. The maximum absolute atomic E-state index is 14.1. The number of hydrogen-bond acceptors (Lipinski definition) is 5. The minimum atomic E-state index is -0.581. The molecule has 0 saturated heterocycles. The fourth-order valence-corrected chi connectivity index (χ4v) is 4.19. The van der Waals surface area contributed by atoms with Gasteiger partial charge in [-0.05, 0) is 61.2 Å². The molecule has 0 bridgehead atoms. The Kier molecular flexibility index (Phi) is 4.85. The highest BCUT2D eigenvalue weighted by Crippen LogP contribution is 2.36. The van der Waals surface area contributed by atoms with Gasteiger partial charge in [-0.2, -0.15) is 0 Å². The minimum absolute atomic E-state index is 0.0600. The van der Waals surface area contributed by atoms with Crippen LogP contribution < -0.4 is 21.1 Å². The number of nitrogens with two attached hydrogens (primary N) is 1. The summed E-state index contributed by atoms with van der Waals surface area (Å²) < 4.78 is 21.1. The third-order valence-electron chi connectivity index (χ3n) is 5.63. The van der Waals surface area contributed by atoms with Gasteiger partial charge in [0.2, 0.25) is 0 Å². The lowest BCUT2D eigenvalue weighted by Gasteiger charge is -2.12. The van der Waals surface area contributed by atoms with Crippen molar-refractivity contribution in [3.63, 3.8) is 0 Å². The van der Waals surface area contributed by atoms with Gasteiger partial charge in [0, 0.05) is 23.1 Å². The molecule has 1 aliphatic carbocycles. The first-order valence-corrected chi connectivity index (χ1v) is 10.2. The molecule has 2 aromatic heterocycles. The van der Waals surface area contributed by atoms with E-state index in [1.807, 2.05) is 12.1 Å². The Bertz CT molecular complexity index is 1330. The third-order valence-corrected chi connectivity index (χ3v) is 5.63. The molecule has 0 aliphatic heterocycles. The quantitative estimate of drug-likeness (QED) is 0.446. The summed E-state index contributed by atoms with van der Waals surface area (Å²) in [5, 5.41) is 5.21. The van der Waals surface area contributed by atoms with Crippen molar-refractivity contribution in [2.75, 3.05) is 23.5 Å². The number of urea groups is 1. The lowest BCUT2D eigenvalue weighted by Crippen LogP contribution is -2.20. The van der Waals surface area contributed by atoms with Gasteiger partial charge in [-0.25, -0.2) is 19.2 Å². The molecule has 162 valence electrons. The molecule has 0 unspecified atom stereocenters. The van der Waals surface area contributed by atoms with Gasteiger partial charge in [-0.15, -0.1) is 0 Å². The maximum Gasteiger partial charge on any atom is 0.323 e. The van der Waals surface area contributed by atoms with Crippen LogP contribution in [0.15, 0.2) is 48.8 Å². The molecular formula is C23H21FN6O2.